The first-order valence-electron chi connectivity index (χ1n) is 5.24. The highest BCUT2D eigenvalue weighted by Gasteiger charge is 2.04. The first-order valence-corrected chi connectivity index (χ1v) is 5.24. The Kier molecular flexibility index (Phi) is 4.72. The molecule has 4 heteroatoms. The Morgan fingerprint density at radius 1 is 1.47 bits per heavy atom. The van der Waals surface area contributed by atoms with E-state index in [1.165, 1.54) is 13.2 Å². The van der Waals surface area contributed by atoms with Gasteiger partial charge >= 0.3 is 5.97 Å². The largest absolute Gasteiger partial charge is 0.508 e. The van der Waals surface area contributed by atoms with Gasteiger partial charge in [-0.3, -0.25) is 0 Å². The fourth-order valence-corrected chi connectivity index (χ4v) is 1.26. The minimum absolute atomic E-state index is 0.204. The van der Waals surface area contributed by atoms with E-state index in [2.05, 4.69) is 0 Å². The van der Waals surface area contributed by atoms with Crippen LogP contribution in [0.15, 0.2) is 24.3 Å². The maximum Gasteiger partial charge on any atom is 0.333 e. The molecule has 0 aliphatic rings. The van der Waals surface area contributed by atoms with E-state index in [1.54, 1.807) is 31.2 Å². The van der Waals surface area contributed by atoms with Gasteiger partial charge in [-0.2, -0.15) is 0 Å². The predicted octanol–water partition coefficient (Wildman–Crippen LogP) is 2.25. The van der Waals surface area contributed by atoms with Crippen molar-refractivity contribution < 1.29 is 19.4 Å². The van der Waals surface area contributed by atoms with Crippen molar-refractivity contribution in [2.24, 2.45) is 0 Å². The number of phenolic OH excluding ortho intramolecular Hbond substituents is 1. The summed E-state index contributed by atoms with van der Waals surface area (Å²) in [5, 5.41) is 9.23. The molecule has 1 N–H and O–H groups in total. The van der Waals surface area contributed by atoms with Gasteiger partial charge in [0, 0.05) is 13.2 Å². The molecular formula is C13H16O4. The number of ether oxygens (including phenoxy) is 2. The molecule has 0 saturated carbocycles. The molecule has 0 bridgehead atoms. The monoisotopic (exact) mass is 236 g/mol. The topological polar surface area (TPSA) is 55.8 Å². The summed E-state index contributed by atoms with van der Waals surface area (Å²) in [6.45, 7) is 3.49. The van der Waals surface area contributed by atoms with E-state index in [9.17, 15) is 9.90 Å². The predicted molar refractivity (Wildman–Crippen MR) is 64.4 cm³/mol. The van der Waals surface area contributed by atoms with Crippen LogP contribution in [-0.4, -0.2) is 24.5 Å². The molecule has 1 unspecified atom stereocenters. The zero-order chi connectivity index (χ0) is 12.8. The number of rotatable bonds is 4. The molecule has 0 radical (unpaired) electrons. The van der Waals surface area contributed by atoms with Gasteiger partial charge in [0.05, 0.1) is 0 Å². The fourth-order valence-electron chi connectivity index (χ4n) is 1.26. The number of esters is 1. The van der Waals surface area contributed by atoms with Crippen LogP contribution in [0.4, 0.5) is 0 Å². The molecule has 1 atom stereocenters. The highest BCUT2D eigenvalue weighted by molar-refractivity contribution is 5.87. The third kappa shape index (κ3) is 4.28. The summed E-state index contributed by atoms with van der Waals surface area (Å²) >= 11 is 0. The van der Waals surface area contributed by atoms with Gasteiger partial charge in [-0.05, 0) is 43.2 Å². The molecule has 0 fully saturated rings. The van der Waals surface area contributed by atoms with Crippen LogP contribution < -0.4 is 0 Å². The van der Waals surface area contributed by atoms with Crippen molar-refractivity contribution in [1.82, 2.24) is 0 Å². The summed E-state index contributed by atoms with van der Waals surface area (Å²) in [5.41, 5.74) is 1.73. The second-order valence-corrected chi connectivity index (χ2v) is 3.61. The average Bonchev–Trinajstić information content (AvgIpc) is 2.27. The molecule has 0 aromatic heterocycles. The second kappa shape index (κ2) is 6.06. The molecule has 0 aliphatic heterocycles. The molecule has 0 spiro atoms. The molecule has 0 amide bonds. The summed E-state index contributed by atoms with van der Waals surface area (Å²) in [7, 11) is 1.46. The Hall–Kier alpha value is -1.81. The first kappa shape index (κ1) is 13.3. The smallest absolute Gasteiger partial charge is 0.333 e. The molecule has 0 heterocycles. The zero-order valence-electron chi connectivity index (χ0n) is 10.1. The molecule has 1 aromatic rings. The Labute approximate surface area is 100 Å². The van der Waals surface area contributed by atoms with Crippen molar-refractivity contribution in [1.29, 1.82) is 0 Å². The molecular weight excluding hydrogens is 220 g/mol. The van der Waals surface area contributed by atoms with Crippen LogP contribution >= 0.6 is 0 Å². The van der Waals surface area contributed by atoms with Gasteiger partial charge in [0.15, 0.2) is 6.29 Å². The van der Waals surface area contributed by atoms with Gasteiger partial charge in [0.25, 0.3) is 0 Å². The Balaban J connectivity index is 2.67. The number of hydrogen-bond acceptors (Lipinski definition) is 4. The minimum Gasteiger partial charge on any atom is -0.508 e. The molecule has 92 valence electrons. The molecule has 17 heavy (non-hydrogen) atoms. The van der Waals surface area contributed by atoms with Gasteiger partial charge in [0.1, 0.15) is 5.75 Å². The van der Waals surface area contributed by atoms with Crippen molar-refractivity contribution in [3.8, 4) is 5.75 Å². The van der Waals surface area contributed by atoms with E-state index in [-0.39, 0.29) is 5.75 Å². The number of benzene rings is 1. The van der Waals surface area contributed by atoms with Crippen molar-refractivity contribution >= 4 is 12.0 Å². The number of carbonyl (C=O) groups excluding carboxylic acids is 1. The van der Waals surface area contributed by atoms with Gasteiger partial charge < -0.3 is 14.6 Å². The van der Waals surface area contributed by atoms with E-state index in [1.807, 2.05) is 6.92 Å². The van der Waals surface area contributed by atoms with E-state index in [0.29, 0.717) is 0 Å². The summed E-state index contributed by atoms with van der Waals surface area (Å²) in [5.74, 6) is -0.262. The van der Waals surface area contributed by atoms with Crippen molar-refractivity contribution in [2.75, 3.05) is 7.11 Å². The number of hydrogen-bond donors (Lipinski definition) is 1. The van der Waals surface area contributed by atoms with Crippen molar-refractivity contribution in [3.05, 3.63) is 35.4 Å². The van der Waals surface area contributed by atoms with Crippen LogP contribution in [0.5, 0.6) is 5.75 Å². The third-order valence-corrected chi connectivity index (χ3v) is 2.27. The number of methoxy groups -OCH3 is 1. The van der Waals surface area contributed by atoms with E-state index < -0.39 is 12.3 Å². The quantitative estimate of drug-likeness (QED) is 0.495. The van der Waals surface area contributed by atoms with Crippen LogP contribution in [0.25, 0.3) is 6.08 Å². The summed E-state index contributed by atoms with van der Waals surface area (Å²) < 4.78 is 9.69. The number of phenols is 1. The molecule has 1 rings (SSSR count). The zero-order valence-corrected chi connectivity index (χ0v) is 10.1. The van der Waals surface area contributed by atoms with E-state index in [4.69, 9.17) is 9.47 Å². The first-order chi connectivity index (χ1) is 8.02. The van der Waals surface area contributed by atoms with Crippen LogP contribution in [0, 0.1) is 6.92 Å². The highest BCUT2D eigenvalue weighted by atomic mass is 16.7. The van der Waals surface area contributed by atoms with Crippen LogP contribution in [0.2, 0.25) is 0 Å². The molecule has 1 aromatic carbocycles. The number of aryl methyl sites for hydroxylation is 1. The Morgan fingerprint density at radius 2 is 2.18 bits per heavy atom. The SMILES string of the molecule is COC(C)OC(=O)C=Cc1ccc(O)cc1C. The highest BCUT2D eigenvalue weighted by Crippen LogP contribution is 2.16. The van der Waals surface area contributed by atoms with Gasteiger partial charge in [-0.1, -0.05) is 6.07 Å². The van der Waals surface area contributed by atoms with E-state index >= 15 is 0 Å². The van der Waals surface area contributed by atoms with Crippen LogP contribution in [-0.2, 0) is 14.3 Å². The lowest BCUT2D eigenvalue weighted by atomic mass is 10.1. The molecule has 0 saturated heterocycles. The van der Waals surface area contributed by atoms with Gasteiger partial charge in [0.2, 0.25) is 0 Å². The summed E-state index contributed by atoms with van der Waals surface area (Å²) in [6, 6.07) is 4.92. The maximum atomic E-state index is 11.3. The number of carbonyl (C=O) groups is 1. The molecule has 0 aliphatic carbocycles. The van der Waals surface area contributed by atoms with Gasteiger partial charge in [-0.25, -0.2) is 4.79 Å². The van der Waals surface area contributed by atoms with E-state index in [0.717, 1.165) is 11.1 Å². The normalized spacial score (nSPS) is 12.6. The number of aromatic hydroxyl groups is 1. The van der Waals surface area contributed by atoms with Crippen molar-refractivity contribution in [2.45, 2.75) is 20.1 Å². The minimum atomic E-state index is -0.562. The van der Waals surface area contributed by atoms with Crippen molar-refractivity contribution in [3.63, 3.8) is 0 Å². The lowest BCUT2D eigenvalue weighted by Gasteiger charge is -2.08. The lowest BCUT2D eigenvalue weighted by molar-refractivity contribution is -0.163. The van der Waals surface area contributed by atoms with Gasteiger partial charge in [-0.15, -0.1) is 0 Å². The molecule has 4 nitrogen and oxygen atoms in total. The lowest BCUT2D eigenvalue weighted by Crippen LogP contribution is -2.14. The van der Waals surface area contributed by atoms with Crippen LogP contribution in [0.3, 0.4) is 0 Å². The second-order valence-electron chi connectivity index (χ2n) is 3.61. The standard InChI is InChI=1S/C13H16O4/c1-9-8-12(14)6-4-11(9)5-7-13(15)17-10(2)16-3/h4-8,10,14H,1-3H3. The average molecular weight is 236 g/mol. The third-order valence-electron chi connectivity index (χ3n) is 2.27. The Bertz CT molecular complexity index is 423. The van der Waals surface area contributed by atoms with Crippen LogP contribution in [0.1, 0.15) is 18.1 Å². The fraction of sp³-hybridized carbons (Fsp3) is 0.308. The maximum absolute atomic E-state index is 11.3. The summed E-state index contributed by atoms with van der Waals surface area (Å²) in [6.07, 6.45) is 2.40. The Morgan fingerprint density at radius 3 is 2.76 bits per heavy atom. The summed E-state index contributed by atoms with van der Waals surface area (Å²) in [4.78, 5) is 11.3.